The van der Waals surface area contributed by atoms with Gasteiger partial charge in [0.15, 0.2) is 0 Å². The molecule has 0 aliphatic heterocycles. The fourth-order valence-electron chi connectivity index (χ4n) is 1.49. The molecule has 0 bridgehead atoms. The second kappa shape index (κ2) is 3.01. The second-order valence-electron chi connectivity index (χ2n) is 2.92. The number of nitrogens with one attached hydrogen (secondary N) is 1. The van der Waals surface area contributed by atoms with E-state index >= 15 is 0 Å². The summed E-state index contributed by atoms with van der Waals surface area (Å²) in [7, 11) is 0. The third kappa shape index (κ3) is 1.48. The Morgan fingerprint density at radius 2 is 2.00 bits per heavy atom. The van der Waals surface area contributed by atoms with Gasteiger partial charge in [0.2, 0.25) is 5.91 Å². The summed E-state index contributed by atoms with van der Waals surface area (Å²) in [6.07, 6.45) is 3.91. The highest BCUT2D eigenvalue weighted by Gasteiger charge is 2.26. The Morgan fingerprint density at radius 1 is 1.40 bits per heavy atom. The number of carbonyl (C=O) groups excluding carboxylic acids is 1. The molecule has 0 saturated heterocycles. The standard InChI is InChI=1S/C7H13N2O/c8-6-4-2-1-3-5(6)7(9)10/h5-6,9H,1-4,8H2/t5-,6+/m0/s1. The zero-order chi connectivity index (χ0) is 7.56. The first-order valence-electron chi connectivity index (χ1n) is 3.73. The predicted molar refractivity (Wildman–Crippen MR) is 38.0 cm³/mol. The Bertz CT molecular complexity index is 136. The van der Waals surface area contributed by atoms with Gasteiger partial charge in [0.1, 0.15) is 0 Å². The van der Waals surface area contributed by atoms with E-state index in [-0.39, 0.29) is 12.0 Å². The van der Waals surface area contributed by atoms with E-state index in [1.54, 1.807) is 0 Å². The lowest BCUT2D eigenvalue weighted by atomic mass is 9.85. The van der Waals surface area contributed by atoms with Crippen molar-refractivity contribution in [1.82, 2.24) is 5.73 Å². The quantitative estimate of drug-likeness (QED) is 0.571. The number of amides is 1. The molecule has 10 heavy (non-hydrogen) atoms. The van der Waals surface area contributed by atoms with E-state index in [0.717, 1.165) is 25.7 Å². The smallest absolute Gasteiger partial charge is 0.243 e. The Kier molecular flexibility index (Phi) is 2.27. The van der Waals surface area contributed by atoms with Crippen LogP contribution in [0.15, 0.2) is 0 Å². The molecule has 0 heterocycles. The third-order valence-corrected chi connectivity index (χ3v) is 2.16. The molecule has 0 aromatic carbocycles. The van der Waals surface area contributed by atoms with Crippen LogP contribution in [0.2, 0.25) is 0 Å². The summed E-state index contributed by atoms with van der Waals surface area (Å²) in [4.78, 5) is 10.6. The van der Waals surface area contributed by atoms with Crippen LogP contribution >= 0.6 is 0 Å². The Morgan fingerprint density at radius 3 is 2.40 bits per heavy atom. The summed E-state index contributed by atoms with van der Waals surface area (Å²) in [5.74, 6) is -0.652. The Labute approximate surface area is 60.8 Å². The monoisotopic (exact) mass is 141 g/mol. The van der Waals surface area contributed by atoms with Gasteiger partial charge < -0.3 is 5.73 Å². The van der Waals surface area contributed by atoms with E-state index in [4.69, 9.17) is 11.5 Å². The minimum absolute atomic E-state index is 0.0428. The van der Waals surface area contributed by atoms with Crippen LogP contribution in [0, 0.1) is 5.92 Å². The highest BCUT2D eigenvalue weighted by atomic mass is 16.1. The molecular weight excluding hydrogens is 128 g/mol. The highest BCUT2D eigenvalue weighted by Crippen LogP contribution is 2.22. The van der Waals surface area contributed by atoms with Gasteiger partial charge in [0.25, 0.3) is 0 Å². The summed E-state index contributed by atoms with van der Waals surface area (Å²) < 4.78 is 0. The molecule has 1 aliphatic carbocycles. The van der Waals surface area contributed by atoms with Gasteiger partial charge >= 0.3 is 0 Å². The first-order chi connectivity index (χ1) is 4.72. The summed E-state index contributed by atoms with van der Waals surface area (Å²) in [6, 6.07) is -0.0428. The minimum Gasteiger partial charge on any atom is -0.327 e. The molecule has 1 aliphatic rings. The summed E-state index contributed by atoms with van der Waals surface area (Å²) >= 11 is 0. The zero-order valence-corrected chi connectivity index (χ0v) is 5.97. The number of hydrogen-bond acceptors (Lipinski definition) is 2. The van der Waals surface area contributed by atoms with Crippen LogP contribution < -0.4 is 11.5 Å². The maximum absolute atomic E-state index is 10.6. The van der Waals surface area contributed by atoms with Gasteiger partial charge in [0, 0.05) is 6.04 Å². The molecule has 57 valence electrons. The van der Waals surface area contributed by atoms with Crippen molar-refractivity contribution >= 4 is 5.91 Å². The number of hydrogen-bond donors (Lipinski definition) is 1. The Balaban J connectivity index is 2.47. The molecule has 3 N–H and O–H groups in total. The van der Waals surface area contributed by atoms with E-state index in [0.29, 0.717) is 0 Å². The first kappa shape index (κ1) is 7.54. The summed E-state index contributed by atoms with van der Waals surface area (Å²) in [5.41, 5.74) is 12.5. The molecule has 0 aromatic heterocycles. The molecule has 2 atom stereocenters. The summed E-state index contributed by atoms with van der Waals surface area (Å²) in [5, 5.41) is 0. The molecular formula is C7H13N2O. The van der Waals surface area contributed by atoms with Crippen molar-refractivity contribution in [3.63, 3.8) is 0 Å². The number of carbonyl (C=O) groups is 1. The SMILES string of the molecule is [NH]C(=O)[C@H]1CCCC[C@H]1N. The van der Waals surface area contributed by atoms with Crippen LogP contribution in [-0.4, -0.2) is 11.9 Å². The second-order valence-corrected chi connectivity index (χ2v) is 2.92. The van der Waals surface area contributed by atoms with Crippen molar-refractivity contribution in [1.29, 1.82) is 0 Å². The Hall–Kier alpha value is -0.570. The van der Waals surface area contributed by atoms with E-state index in [1.807, 2.05) is 0 Å². The minimum atomic E-state index is -0.479. The lowest BCUT2D eigenvalue weighted by Crippen LogP contribution is -2.38. The van der Waals surface area contributed by atoms with Crippen LogP contribution in [-0.2, 0) is 4.79 Å². The lowest BCUT2D eigenvalue weighted by Gasteiger charge is -2.24. The van der Waals surface area contributed by atoms with Gasteiger partial charge in [-0.3, -0.25) is 10.5 Å². The van der Waals surface area contributed by atoms with Crippen molar-refractivity contribution in [3.8, 4) is 0 Å². The van der Waals surface area contributed by atoms with Gasteiger partial charge in [-0.25, -0.2) is 0 Å². The molecule has 1 saturated carbocycles. The largest absolute Gasteiger partial charge is 0.327 e. The lowest BCUT2D eigenvalue weighted by molar-refractivity contribution is -0.123. The van der Waals surface area contributed by atoms with Crippen LogP contribution in [0.1, 0.15) is 25.7 Å². The van der Waals surface area contributed by atoms with E-state index in [1.165, 1.54) is 0 Å². The molecule has 1 fully saturated rings. The van der Waals surface area contributed by atoms with E-state index in [2.05, 4.69) is 0 Å². The van der Waals surface area contributed by atoms with Crippen LogP contribution in [0.25, 0.3) is 0 Å². The normalized spacial score (nSPS) is 33.7. The molecule has 1 amide bonds. The van der Waals surface area contributed by atoms with E-state index in [9.17, 15) is 4.79 Å². The van der Waals surface area contributed by atoms with Crippen LogP contribution in [0.4, 0.5) is 0 Å². The first-order valence-corrected chi connectivity index (χ1v) is 3.73. The molecule has 1 rings (SSSR count). The van der Waals surface area contributed by atoms with E-state index < -0.39 is 5.91 Å². The van der Waals surface area contributed by atoms with Gasteiger partial charge in [-0.05, 0) is 12.8 Å². The fraction of sp³-hybridized carbons (Fsp3) is 0.857. The molecule has 0 spiro atoms. The van der Waals surface area contributed by atoms with Gasteiger partial charge in [-0.2, -0.15) is 0 Å². The molecule has 1 radical (unpaired) electrons. The topological polar surface area (TPSA) is 66.9 Å². The maximum Gasteiger partial charge on any atom is 0.243 e. The van der Waals surface area contributed by atoms with Crippen molar-refractivity contribution in [2.24, 2.45) is 11.7 Å². The summed E-state index contributed by atoms with van der Waals surface area (Å²) in [6.45, 7) is 0. The van der Waals surface area contributed by atoms with Crippen molar-refractivity contribution < 1.29 is 4.79 Å². The third-order valence-electron chi connectivity index (χ3n) is 2.16. The van der Waals surface area contributed by atoms with Gasteiger partial charge in [-0.15, -0.1) is 0 Å². The fourth-order valence-corrected chi connectivity index (χ4v) is 1.49. The van der Waals surface area contributed by atoms with Crippen LogP contribution in [0.3, 0.4) is 0 Å². The number of nitrogens with two attached hydrogens (primary N) is 1. The van der Waals surface area contributed by atoms with Crippen LogP contribution in [0.5, 0.6) is 0 Å². The maximum atomic E-state index is 10.6. The average Bonchev–Trinajstić information content (AvgIpc) is 1.88. The molecule has 0 aromatic rings. The number of rotatable bonds is 1. The van der Waals surface area contributed by atoms with Crippen molar-refractivity contribution in [2.45, 2.75) is 31.7 Å². The zero-order valence-electron chi connectivity index (χ0n) is 5.97. The molecule has 0 unspecified atom stereocenters. The van der Waals surface area contributed by atoms with Gasteiger partial charge in [0.05, 0.1) is 5.92 Å². The average molecular weight is 141 g/mol. The van der Waals surface area contributed by atoms with Gasteiger partial charge in [-0.1, -0.05) is 12.8 Å². The van der Waals surface area contributed by atoms with Crippen molar-refractivity contribution in [2.75, 3.05) is 0 Å². The van der Waals surface area contributed by atoms with Crippen molar-refractivity contribution in [3.05, 3.63) is 0 Å². The highest BCUT2D eigenvalue weighted by molar-refractivity contribution is 5.76. The molecule has 3 heteroatoms. The molecule has 3 nitrogen and oxygen atoms in total. The predicted octanol–water partition coefficient (Wildman–Crippen LogP) is 0.313.